The molecule has 0 heterocycles. The fourth-order valence-electron chi connectivity index (χ4n) is 0. The van der Waals surface area contributed by atoms with Crippen LogP contribution < -0.4 is 0 Å². The van der Waals surface area contributed by atoms with Crippen molar-refractivity contribution in [1.29, 1.82) is 0 Å². The van der Waals surface area contributed by atoms with Crippen LogP contribution in [0.5, 0.6) is 0 Å². The van der Waals surface area contributed by atoms with Crippen molar-refractivity contribution in [3.05, 3.63) is 23.7 Å². The molecular weight excluding hydrogens is 258 g/mol. The highest BCUT2D eigenvalue weighted by Gasteiger charge is 1.47. The first-order chi connectivity index (χ1) is 3.83. The Morgan fingerprint density at radius 2 is 1.62 bits per heavy atom. The molecule has 0 radical (unpaired) electrons. The third-order valence-corrected chi connectivity index (χ3v) is 1.16. The molecule has 3 heteroatoms. The van der Waals surface area contributed by atoms with Crippen molar-refractivity contribution in [1.82, 2.24) is 0 Å². The molecule has 0 aliphatic heterocycles. The van der Waals surface area contributed by atoms with Gasteiger partial charge in [0.1, 0.15) is 0 Å². The maximum Gasteiger partial charge on any atom is 0.0173 e. The molecule has 0 saturated heterocycles. The third kappa shape index (κ3) is 29.2. The Morgan fingerprint density at radius 3 is 1.62 bits per heavy atom. The van der Waals surface area contributed by atoms with E-state index in [1.165, 1.54) is 11.1 Å². The Morgan fingerprint density at radius 1 is 1.38 bits per heavy atom. The number of halogens is 3. The molecule has 0 aliphatic rings. The van der Waals surface area contributed by atoms with Gasteiger partial charge in [-0.25, -0.2) is 0 Å². The summed E-state index contributed by atoms with van der Waals surface area (Å²) in [4.78, 5) is 0. The largest absolute Gasteiger partial charge is 0.102 e. The molecule has 0 amide bonds. The SMILES string of the molecule is C=CCI.Cl/C=C\Cl. The normalized spacial score (nSPS) is 7.88. The highest BCUT2D eigenvalue weighted by Crippen LogP contribution is 1.78. The summed E-state index contributed by atoms with van der Waals surface area (Å²) in [5.74, 6) is 0. The van der Waals surface area contributed by atoms with E-state index in [-0.39, 0.29) is 0 Å². The molecule has 8 heavy (non-hydrogen) atoms. The molecule has 0 saturated carbocycles. The van der Waals surface area contributed by atoms with Gasteiger partial charge in [-0.05, 0) is 0 Å². The highest BCUT2D eigenvalue weighted by atomic mass is 127. The summed E-state index contributed by atoms with van der Waals surface area (Å²) in [6.45, 7) is 3.47. The van der Waals surface area contributed by atoms with Crippen molar-refractivity contribution in [2.24, 2.45) is 0 Å². The number of allylic oxidation sites excluding steroid dienone is 1. The van der Waals surface area contributed by atoms with Gasteiger partial charge in [-0.15, -0.1) is 6.58 Å². The fraction of sp³-hybridized carbons (Fsp3) is 0.200. The standard InChI is InChI=1S/C3H5I.C2H2Cl2/c1-2-3-4;3-1-2-4/h2H,1,3H2;1-2H/b;2-1-. The van der Waals surface area contributed by atoms with E-state index < -0.39 is 0 Å². The molecule has 0 rings (SSSR count). The van der Waals surface area contributed by atoms with Crippen molar-refractivity contribution in [3.8, 4) is 0 Å². The summed E-state index contributed by atoms with van der Waals surface area (Å²) in [5.41, 5.74) is 2.48. The molecule has 0 unspecified atom stereocenters. The van der Waals surface area contributed by atoms with Crippen molar-refractivity contribution < 1.29 is 0 Å². The van der Waals surface area contributed by atoms with Gasteiger partial charge in [0.05, 0.1) is 0 Å². The van der Waals surface area contributed by atoms with Crippen molar-refractivity contribution in [2.75, 3.05) is 4.43 Å². The van der Waals surface area contributed by atoms with Gasteiger partial charge < -0.3 is 0 Å². The van der Waals surface area contributed by atoms with Crippen LogP contribution in [0.2, 0.25) is 0 Å². The van der Waals surface area contributed by atoms with Crippen LogP contribution >= 0.6 is 45.8 Å². The zero-order valence-corrected chi connectivity index (χ0v) is 7.95. The minimum absolute atomic E-state index is 1.05. The third-order valence-electron chi connectivity index (χ3n) is 0.157. The van der Waals surface area contributed by atoms with Crippen LogP contribution in [0.15, 0.2) is 23.7 Å². The van der Waals surface area contributed by atoms with Crippen LogP contribution in [0.4, 0.5) is 0 Å². The lowest BCUT2D eigenvalue weighted by Crippen LogP contribution is -1.43. The topological polar surface area (TPSA) is 0 Å². The van der Waals surface area contributed by atoms with E-state index in [0.29, 0.717) is 0 Å². The number of alkyl halides is 1. The Bertz CT molecular complexity index is 57.4. The van der Waals surface area contributed by atoms with E-state index in [4.69, 9.17) is 23.2 Å². The second-order valence-electron chi connectivity index (χ2n) is 0.695. The van der Waals surface area contributed by atoms with E-state index in [2.05, 4.69) is 29.2 Å². The van der Waals surface area contributed by atoms with Gasteiger partial charge in [0.2, 0.25) is 0 Å². The summed E-state index contributed by atoms with van der Waals surface area (Å²) in [5, 5.41) is 0. The first-order valence-corrected chi connectivity index (χ1v) is 4.25. The zero-order chi connectivity index (χ0) is 6.83. The monoisotopic (exact) mass is 264 g/mol. The van der Waals surface area contributed by atoms with E-state index in [1.54, 1.807) is 0 Å². The molecule has 0 atom stereocenters. The van der Waals surface area contributed by atoms with E-state index in [0.717, 1.165) is 4.43 Å². The fourth-order valence-corrected chi connectivity index (χ4v) is 0. The predicted octanol–water partition coefficient (Wildman–Crippen LogP) is 3.54. The van der Waals surface area contributed by atoms with E-state index in [9.17, 15) is 0 Å². The minimum atomic E-state index is 1.05. The zero-order valence-electron chi connectivity index (χ0n) is 4.28. The van der Waals surface area contributed by atoms with Gasteiger partial charge >= 0.3 is 0 Å². The molecule has 0 aromatic carbocycles. The van der Waals surface area contributed by atoms with Crippen LogP contribution in [0.3, 0.4) is 0 Å². The molecule has 0 aliphatic carbocycles. The molecule has 0 aromatic rings. The van der Waals surface area contributed by atoms with Crippen LogP contribution in [-0.4, -0.2) is 4.43 Å². The van der Waals surface area contributed by atoms with Gasteiger partial charge in [-0.1, -0.05) is 51.9 Å². The van der Waals surface area contributed by atoms with Crippen molar-refractivity contribution >= 4 is 45.8 Å². The second-order valence-corrected chi connectivity index (χ2v) is 2.08. The van der Waals surface area contributed by atoms with E-state index >= 15 is 0 Å². The summed E-state index contributed by atoms with van der Waals surface area (Å²) in [7, 11) is 0. The number of hydrogen-bond acceptors (Lipinski definition) is 0. The molecule has 0 bridgehead atoms. The summed E-state index contributed by atoms with van der Waals surface area (Å²) < 4.78 is 1.05. The minimum Gasteiger partial charge on any atom is -0.102 e. The maximum atomic E-state index is 4.87. The Kier molecular flexibility index (Phi) is 22.6. The van der Waals surface area contributed by atoms with Crippen molar-refractivity contribution in [2.45, 2.75) is 0 Å². The summed E-state index contributed by atoms with van der Waals surface area (Å²) >= 11 is 12.0. The highest BCUT2D eigenvalue weighted by molar-refractivity contribution is 14.1. The average Bonchev–Trinajstić information content (AvgIpc) is 1.88. The smallest absolute Gasteiger partial charge is 0.0173 e. The summed E-state index contributed by atoms with van der Waals surface area (Å²) in [6.07, 6.45) is 1.86. The van der Waals surface area contributed by atoms with Crippen LogP contribution in [-0.2, 0) is 0 Å². The average molecular weight is 265 g/mol. The Hall–Kier alpha value is 0.790. The van der Waals surface area contributed by atoms with Crippen molar-refractivity contribution in [3.63, 3.8) is 0 Å². The lowest BCUT2D eigenvalue weighted by atomic mass is 10.8. The summed E-state index contributed by atoms with van der Waals surface area (Å²) in [6, 6.07) is 0. The predicted molar refractivity (Wildman–Crippen MR) is 49.9 cm³/mol. The molecule has 0 aromatic heterocycles. The first-order valence-electron chi connectivity index (χ1n) is 1.85. The molecule has 48 valence electrons. The number of rotatable bonds is 1. The van der Waals surface area contributed by atoms with Crippen LogP contribution in [0.25, 0.3) is 0 Å². The van der Waals surface area contributed by atoms with Gasteiger partial charge in [-0.2, -0.15) is 0 Å². The van der Waals surface area contributed by atoms with Crippen LogP contribution in [0.1, 0.15) is 0 Å². The van der Waals surface area contributed by atoms with Gasteiger partial charge in [0.25, 0.3) is 0 Å². The first kappa shape index (κ1) is 11.6. The second kappa shape index (κ2) is 15.7. The molecule has 0 nitrogen and oxygen atoms in total. The molecule has 0 fully saturated rings. The van der Waals surface area contributed by atoms with Gasteiger partial charge in [0, 0.05) is 15.5 Å². The molecule has 0 N–H and O–H groups in total. The Labute approximate surface area is 73.7 Å². The molecular formula is C5H7Cl2I. The van der Waals surface area contributed by atoms with E-state index in [1.807, 2.05) is 6.08 Å². The molecule has 0 spiro atoms. The quantitative estimate of drug-likeness (QED) is 0.386. The lowest BCUT2D eigenvalue weighted by molar-refractivity contribution is 1.90. The maximum absolute atomic E-state index is 4.87. The van der Waals surface area contributed by atoms with Gasteiger partial charge in [-0.3, -0.25) is 0 Å². The van der Waals surface area contributed by atoms with Crippen LogP contribution in [0, 0.1) is 0 Å². The van der Waals surface area contributed by atoms with Gasteiger partial charge in [0.15, 0.2) is 0 Å². The lowest BCUT2D eigenvalue weighted by Gasteiger charge is -1.55. The number of hydrogen-bond donors (Lipinski definition) is 0. The Balaban J connectivity index is 0.